The van der Waals surface area contributed by atoms with E-state index in [4.69, 9.17) is 4.74 Å². The minimum absolute atomic E-state index is 0.0286. The molecule has 0 aromatic heterocycles. The molecule has 142 valence electrons. The van der Waals surface area contributed by atoms with Crippen LogP contribution in [0.15, 0.2) is 72.8 Å². The molecule has 0 fully saturated rings. The lowest BCUT2D eigenvalue weighted by atomic mass is 9.98. The van der Waals surface area contributed by atoms with Crippen LogP contribution in [0, 0.1) is 0 Å². The van der Waals surface area contributed by atoms with Crippen LogP contribution in [0.3, 0.4) is 0 Å². The second-order valence-corrected chi connectivity index (χ2v) is 7.59. The normalized spacial score (nSPS) is 13.0. The smallest absolute Gasteiger partial charge is 0.411 e. The predicted molar refractivity (Wildman–Crippen MR) is 110 cm³/mol. The topological polar surface area (TPSA) is 58.6 Å². The highest BCUT2D eigenvalue weighted by molar-refractivity contribution is 5.85. The van der Waals surface area contributed by atoms with Crippen molar-refractivity contribution in [1.82, 2.24) is 0 Å². The maximum absolute atomic E-state index is 12.4. The number of carbonyl (C=O) groups is 1. The minimum atomic E-state index is -0.973. The van der Waals surface area contributed by atoms with Gasteiger partial charge in [-0.1, -0.05) is 60.7 Å². The summed E-state index contributed by atoms with van der Waals surface area (Å²) in [5.41, 5.74) is 5.11. The molecule has 0 saturated heterocycles. The van der Waals surface area contributed by atoms with Crippen molar-refractivity contribution in [2.75, 3.05) is 11.9 Å². The summed E-state index contributed by atoms with van der Waals surface area (Å²) in [5.74, 6) is 0.0286. The van der Waals surface area contributed by atoms with E-state index in [2.05, 4.69) is 29.6 Å². The van der Waals surface area contributed by atoms with Gasteiger partial charge in [-0.2, -0.15) is 0 Å². The summed E-state index contributed by atoms with van der Waals surface area (Å²) in [7, 11) is 0. The van der Waals surface area contributed by atoms with Crippen molar-refractivity contribution in [2.45, 2.75) is 25.4 Å². The van der Waals surface area contributed by atoms with Gasteiger partial charge in [0.05, 0.1) is 5.60 Å². The van der Waals surface area contributed by atoms with Crippen LogP contribution in [0.25, 0.3) is 11.1 Å². The van der Waals surface area contributed by atoms with E-state index in [1.807, 2.05) is 30.3 Å². The molecule has 3 aromatic carbocycles. The molecule has 0 spiro atoms. The lowest BCUT2D eigenvalue weighted by molar-refractivity contribution is 0.0786. The molecule has 0 radical (unpaired) electrons. The Labute approximate surface area is 164 Å². The first-order chi connectivity index (χ1) is 13.4. The van der Waals surface area contributed by atoms with Crippen molar-refractivity contribution in [3.8, 4) is 11.1 Å². The van der Waals surface area contributed by atoms with E-state index in [0.717, 1.165) is 5.56 Å². The van der Waals surface area contributed by atoms with Crippen LogP contribution in [-0.4, -0.2) is 17.8 Å². The van der Waals surface area contributed by atoms with Crippen molar-refractivity contribution in [3.05, 3.63) is 89.5 Å². The molecule has 0 unspecified atom stereocenters. The van der Waals surface area contributed by atoms with E-state index in [0.29, 0.717) is 5.69 Å². The Bertz CT molecular complexity index is 975. The zero-order valence-electron chi connectivity index (χ0n) is 16.0. The van der Waals surface area contributed by atoms with Crippen molar-refractivity contribution in [1.29, 1.82) is 0 Å². The standard InChI is InChI=1S/C24H23NO3/c1-24(2,27)16-8-7-9-17(14-16)25-23(26)28-15-22-20-12-5-3-10-18(20)19-11-4-6-13-21(19)22/h3-14,22,27H,15H2,1-2H3,(H,25,26). The molecule has 0 aliphatic heterocycles. The summed E-state index contributed by atoms with van der Waals surface area (Å²) in [4.78, 5) is 12.4. The number of hydrogen-bond acceptors (Lipinski definition) is 3. The van der Waals surface area contributed by atoms with E-state index in [9.17, 15) is 9.90 Å². The molecule has 0 atom stereocenters. The molecular weight excluding hydrogens is 350 g/mol. The van der Waals surface area contributed by atoms with Gasteiger partial charge in [0.25, 0.3) is 0 Å². The van der Waals surface area contributed by atoms with Crippen molar-refractivity contribution in [3.63, 3.8) is 0 Å². The number of rotatable bonds is 4. The van der Waals surface area contributed by atoms with Crippen LogP contribution < -0.4 is 5.32 Å². The molecule has 2 N–H and O–H groups in total. The summed E-state index contributed by atoms with van der Waals surface area (Å²) in [6, 6.07) is 23.6. The lowest BCUT2D eigenvalue weighted by Crippen LogP contribution is -2.19. The largest absolute Gasteiger partial charge is 0.448 e. The Kier molecular flexibility index (Phi) is 4.65. The number of nitrogens with one attached hydrogen (secondary N) is 1. The van der Waals surface area contributed by atoms with Gasteiger partial charge < -0.3 is 9.84 Å². The first kappa shape index (κ1) is 18.3. The lowest BCUT2D eigenvalue weighted by Gasteiger charge is -2.19. The quantitative estimate of drug-likeness (QED) is 0.654. The van der Waals surface area contributed by atoms with Crippen LogP contribution in [0.2, 0.25) is 0 Å². The van der Waals surface area contributed by atoms with E-state index >= 15 is 0 Å². The number of carbonyl (C=O) groups excluding carboxylic acids is 1. The molecule has 4 nitrogen and oxygen atoms in total. The molecule has 1 aliphatic carbocycles. The predicted octanol–water partition coefficient (Wildman–Crippen LogP) is 5.28. The number of benzene rings is 3. The zero-order chi connectivity index (χ0) is 19.7. The Hall–Kier alpha value is -3.11. The monoisotopic (exact) mass is 373 g/mol. The average molecular weight is 373 g/mol. The van der Waals surface area contributed by atoms with Crippen molar-refractivity contribution in [2.24, 2.45) is 0 Å². The highest BCUT2D eigenvalue weighted by Crippen LogP contribution is 2.44. The van der Waals surface area contributed by atoms with Gasteiger partial charge in [-0.3, -0.25) is 5.32 Å². The molecule has 4 heteroatoms. The van der Waals surface area contributed by atoms with Crippen molar-refractivity contribution >= 4 is 11.8 Å². The second kappa shape index (κ2) is 7.13. The SMILES string of the molecule is CC(C)(O)c1cccc(NC(=O)OCC2c3ccccc3-c3ccccc32)c1. The molecule has 1 amide bonds. The molecule has 3 aromatic rings. The molecule has 1 aliphatic rings. The van der Waals surface area contributed by atoms with Gasteiger partial charge in [-0.25, -0.2) is 4.79 Å². The summed E-state index contributed by atoms with van der Waals surface area (Å²) < 4.78 is 5.56. The Morgan fingerprint density at radius 3 is 2.18 bits per heavy atom. The number of hydrogen-bond donors (Lipinski definition) is 2. The van der Waals surface area contributed by atoms with Gasteiger partial charge in [0.1, 0.15) is 6.61 Å². The van der Waals surface area contributed by atoms with Gasteiger partial charge in [0.2, 0.25) is 0 Å². The first-order valence-electron chi connectivity index (χ1n) is 9.38. The maximum Gasteiger partial charge on any atom is 0.411 e. The Morgan fingerprint density at radius 1 is 0.964 bits per heavy atom. The fourth-order valence-corrected chi connectivity index (χ4v) is 3.73. The van der Waals surface area contributed by atoms with E-state index in [1.165, 1.54) is 22.3 Å². The summed E-state index contributed by atoms with van der Waals surface area (Å²) in [6.45, 7) is 3.68. The van der Waals surface area contributed by atoms with Gasteiger partial charge in [0.15, 0.2) is 0 Å². The first-order valence-corrected chi connectivity index (χ1v) is 9.38. The highest BCUT2D eigenvalue weighted by atomic mass is 16.5. The summed E-state index contributed by atoms with van der Waals surface area (Å²) in [6.07, 6.45) is -0.505. The van der Waals surface area contributed by atoms with Crippen molar-refractivity contribution < 1.29 is 14.6 Å². The molecule has 0 heterocycles. The highest BCUT2D eigenvalue weighted by Gasteiger charge is 2.29. The van der Waals surface area contributed by atoms with Crippen LogP contribution in [0.1, 0.15) is 36.5 Å². The summed E-state index contributed by atoms with van der Waals surface area (Å²) >= 11 is 0. The van der Waals surface area contributed by atoms with Crippen LogP contribution in [0.4, 0.5) is 10.5 Å². The minimum Gasteiger partial charge on any atom is -0.448 e. The van der Waals surface area contributed by atoms with Gasteiger partial charge in [0, 0.05) is 11.6 Å². The molecule has 4 rings (SSSR count). The van der Waals surface area contributed by atoms with E-state index < -0.39 is 11.7 Å². The third-order valence-corrected chi connectivity index (χ3v) is 5.16. The number of amides is 1. The van der Waals surface area contributed by atoms with Crippen LogP contribution in [0.5, 0.6) is 0 Å². The van der Waals surface area contributed by atoms with E-state index in [-0.39, 0.29) is 12.5 Å². The number of anilines is 1. The average Bonchev–Trinajstić information content (AvgIpc) is 3.00. The third-order valence-electron chi connectivity index (χ3n) is 5.16. The van der Waals surface area contributed by atoms with Gasteiger partial charge in [-0.05, 0) is 53.8 Å². The van der Waals surface area contributed by atoms with Gasteiger partial charge >= 0.3 is 6.09 Å². The number of fused-ring (bicyclic) bond motifs is 3. The fraction of sp³-hybridized carbons (Fsp3) is 0.208. The second-order valence-electron chi connectivity index (χ2n) is 7.59. The number of aliphatic hydroxyl groups is 1. The fourth-order valence-electron chi connectivity index (χ4n) is 3.73. The number of ether oxygens (including phenoxy) is 1. The third kappa shape index (κ3) is 3.51. The summed E-state index contributed by atoms with van der Waals surface area (Å²) in [5, 5.41) is 12.9. The molecule has 0 bridgehead atoms. The molecular formula is C24H23NO3. The van der Waals surface area contributed by atoms with E-state index in [1.54, 1.807) is 32.0 Å². The van der Waals surface area contributed by atoms with Gasteiger partial charge in [-0.15, -0.1) is 0 Å². The molecule has 28 heavy (non-hydrogen) atoms. The Morgan fingerprint density at radius 2 is 1.57 bits per heavy atom. The van der Waals surface area contributed by atoms with Crippen LogP contribution in [-0.2, 0) is 10.3 Å². The van der Waals surface area contributed by atoms with Crippen LogP contribution >= 0.6 is 0 Å². The Balaban J connectivity index is 1.47. The maximum atomic E-state index is 12.4. The zero-order valence-corrected chi connectivity index (χ0v) is 16.0. The molecule has 0 saturated carbocycles.